The van der Waals surface area contributed by atoms with Crippen LogP contribution in [0.4, 0.5) is 20.2 Å². The first kappa shape index (κ1) is 24.4. The normalized spacial score (nSPS) is 13.6. The standard InChI is InChI=1S/C24H25F2N7O4/c1-2-14(13-34)11-32-12-18(30-23(35)16-10-29-33-6-3-4-28-22(16)33)21(31-32)15-8-20-17(27-5-7-36-20)9-19(15)37-24(25)26/h3-4,6,8-10,12,14,24,27,34H,2,5,7,11,13H2,1H3,(H,30,35)/t14-/m0/s1. The van der Waals surface area contributed by atoms with Crippen molar-refractivity contribution in [3.8, 4) is 22.8 Å². The Morgan fingerprint density at radius 1 is 1.38 bits per heavy atom. The van der Waals surface area contributed by atoms with E-state index < -0.39 is 12.5 Å². The largest absolute Gasteiger partial charge is 0.490 e. The number of aliphatic hydroxyl groups excluding tert-OH is 1. The van der Waals surface area contributed by atoms with Gasteiger partial charge < -0.3 is 25.2 Å². The van der Waals surface area contributed by atoms with Gasteiger partial charge in [0.15, 0.2) is 5.65 Å². The molecule has 1 aromatic carbocycles. The van der Waals surface area contributed by atoms with Crippen LogP contribution in [0.2, 0.25) is 0 Å². The maximum atomic E-state index is 13.3. The molecular formula is C24H25F2N7O4. The maximum absolute atomic E-state index is 13.3. The fourth-order valence-corrected chi connectivity index (χ4v) is 4.11. The summed E-state index contributed by atoms with van der Waals surface area (Å²) in [5.41, 5.74) is 1.78. The van der Waals surface area contributed by atoms with Crippen molar-refractivity contribution in [3.05, 3.63) is 48.5 Å². The predicted octanol–water partition coefficient (Wildman–Crippen LogP) is 3.27. The Labute approximate surface area is 210 Å². The fourth-order valence-electron chi connectivity index (χ4n) is 4.11. The van der Waals surface area contributed by atoms with Gasteiger partial charge in [0.05, 0.1) is 23.1 Å². The number of nitrogens with zero attached hydrogens (tertiary/aromatic N) is 5. The number of hydrogen-bond donors (Lipinski definition) is 3. The molecular weight excluding hydrogens is 488 g/mol. The molecule has 0 saturated heterocycles. The van der Waals surface area contributed by atoms with Gasteiger partial charge in [-0.05, 0) is 18.6 Å². The Hall–Kier alpha value is -4.26. The van der Waals surface area contributed by atoms with Gasteiger partial charge in [-0.1, -0.05) is 6.92 Å². The monoisotopic (exact) mass is 513 g/mol. The molecule has 0 fully saturated rings. The molecule has 0 unspecified atom stereocenters. The van der Waals surface area contributed by atoms with E-state index >= 15 is 0 Å². The van der Waals surface area contributed by atoms with Crippen molar-refractivity contribution in [1.29, 1.82) is 0 Å². The smallest absolute Gasteiger partial charge is 0.387 e. The number of nitrogens with one attached hydrogen (secondary N) is 2. The molecule has 0 radical (unpaired) electrons. The number of carbonyl (C=O) groups excluding carboxylic acids is 1. The molecule has 1 amide bonds. The van der Waals surface area contributed by atoms with Gasteiger partial charge in [0, 0.05) is 50.3 Å². The van der Waals surface area contributed by atoms with E-state index in [2.05, 4.69) is 25.8 Å². The maximum Gasteiger partial charge on any atom is 0.387 e. The van der Waals surface area contributed by atoms with E-state index in [9.17, 15) is 18.7 Å². The number of carbonyl (C=O) groups is 1. The van der Waals surface area contributed by atoms with Gasteiger partial charge in [-0.15, -0.1) is 0 Å². The highest BCUT2D eigenvalue weighted by molar-refractivity contribution is 6.09. The zero-order valence-corrected chi connectivity index (χ0v) is 19.9. The summed E-state index contributed by atoms with van der Waals surface area (Å²) in [4.78, 5) is 17.5. The zero-order chi connectivity index (χ0) is 25.9. The van der Waals surface area contributed by atoms with E-state index in [4.69, 9.17) is 9.47 Å². The summed E-state index contributed by atoms with van der Waals surface area (Å²) in [5.74, 6) is -0.272. The van der Waals surface area contributed by atoms with Crippen LogP contribution >= 0.6 is 0 Å². The average Bonchev–Trinajstić information content (AvgIpc) is 3.50. The molecule has 4 aromatic rings. The van der Waals surface area contributed by atoms with Crippen molar-refractivity contribution in [3.63, 3.8) is 0 Å². The molecule has 3 aromatic heterocycles. The van der Waals surface area contributed by atoms with E-state index in [1.54, 1.807) is 35.4 Å². The van der Waals surface area contributed by atoms with Gasteiger partial charge >= 0.3 is 6.61 Å². The molecule has 0 spiro atoms. The first-order chi connectivity index (χ1) is 18.0. The van der Waals surface area contributed by atoms with E-state index in [0.29, 0.717) is 43.2 Å². The molecule has 194 valence electrons. The van der Waals surface area contributed by atoms with Crippen molar-refractivity contribution >= 4 is 22.9 Å². The lowest BCUT2D eigenvalue weighted by molar-refractivity contribution is -0.0494. The summed E-state index contributed by atoms with van der Waals surface area (Å²) in [5, 5.41) is 24.3. The minimum Gasteiger partial charge on any atom is -0.490 e. The molecule has 11 nitrogen and oxygen atoms in total. The third-order valence-corrected chi connectivity index (χ3v) is 6.04. The van der Waals surface area contributed by atoms with Crippen LogP contribution in [0, 0.1) is 5.92 Å². The fraction of sp³-hybridized carbons (Fsp3) is 0.333. The molecule has 13 heteroatoms. The summed E-state index contributed by atoms with van der Waals surface area (Å²) < 4.78 is 40.3. The number of halogens is 2. The second-order valence-corrected chi connectivity index (χ2v) is 8.47. The Morgan fingerprint density at radius 2 is 2.24 bits per heavy atom. The number of anilines is 2. The van der Waals surface area contributed by atoms with Gasteiger partial charge in [0.1, 0.15) is 29.4 Å². The first-order valence-electron chi connectivity index (χ1n) is 11.7. The van der Waals surface area contributed by atoms with Gasteiger partial charge in [-0.3, -0.25) is 9.48 Å². The van der Waals surface area contributed by atoms with E-state index in [0.717, 1.165) is 0 Å². The Bertz CT molecular complexity index is 1420. The highest BCUT2D eigenvalue weighted by atomic mass is 19.3. The molecule has 1 aliphatic rings. The van der Waals surface area contributed by atoms with Gasteiger partial charge in [-0.25, -0.2) is 9.50 Å². The lowest BCUT2D eigenvalue weighted by atomic mass is 10.1. The molecule has 5 rings (SSSR count). The molecule has 37 heavy (non-hydrogen) atoms. The molecule has 1 aliphatic heterocycles. The summed E-state index contributed by atoms with van der Waals surface area (Å²) >= 11 is 0. The molecule has 0 aliphatic carbocycles. The van der Waals surface area contributed by atoms with Gasteiger partial charge in [-0.2, -0.15) is 19.0 Å². The third kappa shape index (κ3) is 5.03. The van der Waals surface area contributed by atoms with E-state index in [1.165, 1.54) is 16.8 Å². The van der Waals surface area contributed by atoms with Crippen molar-refractivity contribution in [2.24, 2.45) is 5.92 Å². The van der Waals surface area contributed by atoms with Gasteiger partial charge in [0.25, 0.3) is 5.91 Å². The highest BCUT2D eigenvalue weighted by Gasteiger charge is 2.25. The molecule has 4 heterocycles. The second kappa shape index (κ2) is 10.4. The van der Waals surface area contributed by atoms with Crippen LogP contribution in [0.3, 0.4) is 0 Å². The molecule has 1 atom stereocenters. The third-order valence-electron chi connectivity index (χ3n) is 6.04. The summed E-state index contributed by atoms with van der Waals surface area (Å²) in [6, 6.07) is 4.67. The van der Waals surface area contributed by atoms with Gasteiger partial charge in [0.2, 0.25) is 0 Å². The van der Waals surface area contributed by atoms with Crippen LogP contribution < -0.4 is 20.1 Å². The van der Waals surface area contributed by atoms with E-state index in [1.807, 2.05) is 6.92 Å². The number of ether oxygens (including phenoxy) is 2. The second-order valence-electron chi connectivity index (χ2n) is 8.47. The molecule has 3 N–H and O–H groups in total. The minimum atomic E-state index is -3.08. The SMILES string of the molecule is CC[C@H](CO)Cn1cc(NC(=O)c2cnn3cccnc23)c(-c2cc3c(cc2OC(F)F)NCCO3)n1. The Kier molecular flexibility index (Phi) is 6.86. The first-order valence-corrected chi connectivity index (χ1v) is 11.7. The average molecular weight is 514 g/mol. The predicted molar refractivity (Wildman–Crippen MR) is 130 cm³/mol. The summed E-state index contributed by atoms with van der Waals surface area (Å²) in [6.07, 6.45) is 6.89. The van der Waals surface area contributed by atoms with Crippen LogP contribution in [0.15, 0.2) is 43.0 Å². The summed E-state index contributed by atoms with van der Waals surface area (Å²) in [7, 11) is 0. The van der Waals surface area contributed by atoms with Crippen molar-refractivity contribution < 1.29 is 28.2 Å². The lowest BCUT2D eigenvalue weighted by Gasteiger charge is -2.21. The number of benzene rings is 1. The van der Waals surface area contributed by atoms with Crippen LogP contribution in [0.5, 0.6) is 11.5 Å². The number of rotatable bonds is 9. The van der Waals surface area contributed by atoms with Crippen molar-refractivity contribution in [2.45, 2.75) is 26.5 Å². The zero-order valence-electron chi connectivity index (χ0n) is 19.9. The minimum absolute atomic E-state index is 0.0560. The van der Waals surface area contributed by atoms with Crippen LogP contribution in [0.25, 0.3) is 16.9 Å². The van der Waals surface area contributed by atoms with Crippen LogP contribution in [-0.2, 0) is 6.54 Å². The number of alkyl halides is 2. The van der Waals surface area contributed by atoms with Crippen LogP contribution in [-0.4, -0.2) is 61.8 Å². The Balaban J connectivity index is 1.58. The van der Waals surface area contributed by atoms with E-state index in [-0.39, 0.29) is 40.8 Å². The van der Waals surface area contributed by atoms with Crippen molar-refractivity contribution in [1.82, 2.24) is 24.4 Å². The Morgan fingerprint density at radius 3 is 3.03 bits per heavy atom. The number of aliphatic hydroxyl groups is 1. The number of amides is 1. The summed E-state index contributed by atoms with van der Waals surface area (Å²) in [6.45, 7) is 0.0701. The lowest BCUT2D eigenvalue weighted by Crippen LogP contribution is -2.18. The number of fused-ring (bicyclic) bond motifs is 2. The topological polar surface area (TPSA) is 128 Å². The van der Waals surface area contributed by atoms with Crippen LogP contribution in [0.1, 0.15) is 23.7 Å². The molecule has 0 bridgehead atoms. The number of aromatic nitrogens is 5. The quantitative estimate of drug-likeness (QED) is 0.311. The highest BCUT2D eigenvalue weighted by Crippen LogP contribution is 2.42. The molecule has 0 saturated carbocycles. The number of hydrogen-bond acceptors (Lipinski definition) is 8. The van der Waals surface area contributed by atoms with Crippen molar-refractivity contribution in [2.75, 3.05) is 30.4 Å².